The molecule has 51 heavy (non-hydrogen) atoms. The summed E-state index contributed by atoms with van der Waals surface area (Å²) in [5.74, 6) is 0.925. The average Bonchev–Trinajstić information content (AvgIpc) is 3.12. The Morgan fingerprint density at radius 1 is 0.431 bits per heavy atom. The van der Waals surface area contributed by atoms with Crippen LogP contribution in [0.2, 0.25) is 9.88 Å². The van der Waals surface area contributed by atoms with Crippen LogP contribution in [0.3, 0.4) is 0 Å². The first kappa shape index (κ1) is 55.3. The quantitative estimate of drug-likeness (QED) is 0.0217. The second-order valence-corrected chi connectivity index (χ2v) is 17.5. The number of rotatable bonds is 36. The molecule has 0 aliphatic carbocycles. The van der Waals surface area contributed by atoms with Gasteiger partial charge in [0.2, 0.25) is 0 Å². The number of hydrogen-bond donors (Lipinski definition) is 2. The van der Waals surface area contributed by atoms with Crippen LogP contribution in [-0.4, -0.2) is 57.8 Å². The Morgan fingerprint density at radius 3 is 0.922 bits per heavy atom. The van der Waals surface area contributed by atoms with Crippen LogP contribution >= 0.6 is 25.3 Å². The SMILES string of the molecule is CCCCCCCC/C=C\CCCCCCCCOC(=O)CCS.CCCCCCCC/C=C\CCCCCCCCOC(=O)CCS.[CH3][Sn][CH3]. The van der Waals surface area contributed by atoms with Crippen LogP contribution in [0.25, 0.3) is 0 Å². The van der Waals surface area contributed by atoms with Crippen molar-refractivity contribution in [3.05, 3.63) is 24.3 Å². The molecule has 0 fully saturated rings. The fourth-order valence-corrected chi connectivity index (χ4v) is 5.76. The normalized spacial score (nSPS) is 10.9. The molecule has 0 amide bonds. The maximum absolute atomic E-state index is 11.1. The zero-order valence-electron chi connectivity index (χ0n) is 34.4. The fourth-order valence-electron chi connectivity index (χ4n) is 5.40. The van der Waals surface area contributed by atoms with Crippen LogP contribution in [0.5, 0.6) is 0 Å². The molecule has 0 bridgehead atoms. The maximum atomic E-state index is 11.1. The van der Waals surface area contributed by atoms with Gasteiger partial charge in [0, 0.05) is 11.5 Å². The Hall–Kier alpha value is -0.0813. The van der Waals surface area contributed by atoms with Crippen molar-refractivity contribution in [2.45, 2.75) is 216 Å². The van der Waals surface area contributed by atoms with Gasteiger partial charge in [-0.05, 0) is 64.2 Å². The van der Waals surface area contributed by atoms with Gasteiger partial charge in [-0.25, -0.2) is 0 Å². The van der Waals surface area contributed by atoms with Gasteiger partial charge >= 0.3 is 43.0 Å². The van der Waals surface area contributed by atoms with Crippen LogP contribution in [0.4, 0.5) is 0 Å². The van der Waals surface area contributed by atoms with Crippen LogP contribution in [-0.2, 0) is 19.1 Å². The Balaban J connectivity index is -0.000000838. The van der Waals surface area contributed by atoms with Crippen molar-refractivity contribution in [1.82, 2.24) is 0 Å². The van der Waals surface area contributed by atoms with Gasteiger partial charge < -0.3 is 9.47 Å². The van der Waals surface area contributed by atoms with E-state index < -0.39 is 0 Å². The minimum absolute atomic E-state index is 0.113. The number of carbonyl (C=O) groups is 2. The molecule has 302 valence electrons. The van der Waals surface area contributed by atoms with E-state index in [1.165, 1.54) is 167 Å². The van der Waals surface area contributed by atoms with Crippen LogP contribution in [0.1, 0.15) is 206 Å². The summed E-state index contributed by atoms with van der Waals surface area (Å²) in [4.78, 5) is 26.8. The molecule has 0 N–H and O–H groups in total. The summed E-state index contributed by atoms with van der Waals surface area (Å²) in [6.07, 6.45) is 46.7. The summed E-state index contributed by atoms with van der Waals surface area (Å²) in [5.41, 5.74) is 0. The van der Waals surface area contributed by atoms with Gasteiger partial charge in [0.1, 0.15) is 0 Å². The van der Waals surface area contributed by atoms with E-state index >= 15 is 0 Å². The molecule has 4 nitrogen and oxygen atoms in total. The number of allylic oxidation sites excluding steroid dienone is 4. The Kier molecular flexibility index (Phi) is 58.8. The fraction of sp³-hybridized carbons (Fsp3) is 0.864. The van der Waals surface area contributed by atoms with Gasteiger partial charge in [-0.15, -0.1) is 0 Å². The van der Waals surface area contributed by atoms with E-state index in [2.05, 4.69) is 73.3 Å². The molecule has 0 rings (SSSR count). The van der Waals surface area contributed by atoms with E-state index in [1.54, 1.807) is 0 Å². The zero-order valence-corrected chi connectivity index (χ0v) is 39.0. The van der Waals surface area contributed by atoms with E-state index in [0.29, 0.717) is 37.6 Å². The molecular weight excluding hydrogens is 775 g/mol. The molecule has 0 spiro atoms. The van der Waals surface area contributed by atoms with E-state index in [-0.39, 0.29) is 33.1 Å². The molecule has 7 heteroatoms. The summed E-state index contributed by atoms with van der Waals surface area (Å²) < 4.78 is 10.2. The monoisotopic (exact) mass is 862 g/mol. The molecule has 0 saturated carbocycles. The molecule has 0 unspecified atom stereocenters. The number of ether oxygens (including phenoxy) is 2. The van der Waals surface area contributed by atoms with Crippen molar-refractivity contribution in [2.24, 2.45) is 0 Å². The van der Waals surface area contributed by atoms with E-state index in [4.69, 9.17) is 9.47 Å². The van der Waals surface area contributed by atoms with E-state index in [0.717, 1.165) is 12.8 Å². The van der Waals surface area contributed by atoms with Crippen molar-refractivity contribution in [3.8, 4) is 0 Å². The number of esters is 2. The third-order valence-electron chi connectivity index (χ3n) is 8.47. The topological polar surface area (TPSA) is 52.6 Å². The van der Waals surface area contributed by atoms with Gasteiger partial charge in [-0.3, -0.25) is 9.59 Å². The number of unbranched alkanes of at least 4 members (excludes halogenated alkanes) is 24. The molecule has 0 aromatic carbocycles. The average molecular weight is 862 g/mol. The van der Waals surface area contributed by atoms with Gasteiger partial charge in [0.25, 0.3) is 0 Å². The summed E-state index contributed by atoms with van der Waals surface area (Å²) in [5, 5.41) is 0. The third kappa shape index (κ3) is 59.4. The molecular formula is C44H86O4S2Sn. The zero-order chi connectivity index (χ0) is 38.1. The first-order valence-electron chi connectivity index (χ1n) is 21.4. The predicted octanol–water partition coefficient (Wildman–Crippen LogP) is 14.6. The predicted molar refractivity (Wildman–Crippen MR) is 235 cm³/mol. The Morgan fingerprint density at radius 2 is 0.667 bits per heavy atom. The third-order valence-corrected chi connectivity index (χ3v) is 8.92. The van der Waals surface area contributed by atoms with Gasteiger partial charge in [-0.2, -0.15) is 25.3 Å². The second kappa shape index (κ2) is 54.3. The van der Waals surface area contributed by atoms with Crippen molar-refractivity contribution in [1.29, 1.82) is 0 Å². The molecule has 0 heterocycles. The summed E-state index contributed by atoms with van der Waals surface area (Å²) in [7, 11) is 0. The van der Waals surface area contributed by atoms with E-state index in [1.807, 2.05) is 0 Å². The number of hydrogen-bond acceptors (Lipinski definition) is 6. The van der Waals surface area contributed by atoms with Crippen molar-refractivity contribution in [3.63, 3.8) is 0 Å². The van der Waals surface area contributed by atoms with Gasteiger partial charge in [0.05, 0.1) is 26.1 Å². The van der Waals surface area contributed by atoms with Crippen molar-refractivity contribution >= 4 is 58.3 Å². The molecule has 0 aromatic heterocycles. The molecule has 0 atom stereocenters. The summed E-state index contributed by atoms with van der Waals surface area (Å²) in [6.45, 7) is 5.69. The molecule has 0 aliphatic rings. The van der Waals surface area contributed by atoms with Crippen LogP contribution in [0.15, 0.2) is 24.3 Å². The summed E-state index contributed by atoms with van der Waals surface area (Å²) in [6, 6.07) is 0. The van der Waals surface area contributed by atoms with Crippen molar-refractivity contribution in [2.75, 3.05) is 24.7 Å². The Bertz CT molecular complexity index is 659. The van der Waals surface area contributed by atoms with Gasteiger partial charge in [-0.1, -0.05) is 154 Å². The molecule has 2 radical (unpaired) electrons. The number of thiol groups is 2. The first-order valence-corrected chi connectivity index (χ1v) is 28.4. The number of carbonyl (C=O) groups excluding carboxylic acids is 2. The van der Waals surface area contributed by atoms with Crippen molar-refractivity contribution < 1.29 is 19.1 Å². The molecule has 0 aliphatic heterocycles. The minimum atomic E-state index is -0.113. The van der Waals surface area contributed by atoms with E-state index in [9.17, 15) is 9.59 Å². The molecule has 0 saturated heterocycles. The van der Waals surface area contributed by atoms with Crippen LogP contribution in [0, 0.1) is 0 Å². The first-order chi connectivity index (χ1) is 25.0. The van der Waals surface area contributed by atoms with Crippen LogP contribution < -0.4 is 0 Å². The Labute approximate surface area is 340 Å². The standard InChI is InChI=1S/2C21H40O2S.2CH3.Sn/c2*1-2-3-4-5-6-7-8-9-10-11-12-13-14-15-16-17-19-23-21(22)18-20-24;;;/h2*9-10,24H,2-8,11-20H2,1H3;2*1H3;/b2*10-9-;;;. The van der Waals surface area contributed by atoms with Gasteiger partial charge in [0.15, 0.2) is 0 Å². The second-order valence-electron chi connectivity index (χ2n) is 13.8. The molecule has 0 aromatic rings. The summed E-state index contributed by atoms with van der Waals surface area (Å²) >= 11 is 8.25.